The van der Waals surface area contributed by atoms with Crippen LogP contribution in [-0.2, 0) is 10.8 Å². The molecule has 0 amide bonds. The van der Waals surface area contributed by atoms with Crippen LogP contribution in [0.5, 0.6) is 0 Å². The molecule has 6 aromatic heterocycles. The molecule has 0 bridgehead atoms. The van der Waals surface area contributed by atoms with Crippen LogP contribution in [0.15, 0.2) is 315 Å². The summed E-state index contributed by atoms with van der Waals surface area (Å²) in [5.74, 6) is 0. The molecule has 0 aliphatic heterocycles. The van der Waals surface area contributed by atoms with Gasteiger partial charge in [0.05, 0.1) is 112 Å². The molecule has 0 atom stereocenters. The number of nitriles is 4. The lowest BCUT2D eigenvalue weighted by Crippen LogP contribution is -2.15. The fourth-order valence-electron chi connectivity index (χ4n) is 20.9. The van der Waals surface area contributed by atoms with Crippen molar-refractivity contribution in [3.63, 3.8) is 0 Å². The van der Waals surface area contributed by atoms with E-state index in [0.29, 0.717) is 45.0 Å². The maximum atomic E-state index is 12.4. The Kier molecular flexibility index (Phi) is 13.1. The summed E-state index contributed by atoms with van der Waals surface area (Å²) in [6.45, 7) is 9.25. The van der Waals surface area contributed by atoms with E-state index >= 15 is 0 Å². The highest BCUT2D eigenvalue weighted by molar-refractivity contribution is 6.29. The van der Waals surface area contributed by atoms with E-state index in [1.165, 1.54) is 16.7 Å². The Morgan fingerprint density at radius 3 is 1.03 bits per heavy atom. The number of hydrogen-bond acceptors (Lipinski definition) is 4. The van der Waals surface area contributed by atoms with Gasteiger partial charge >= 0.3 is 0 Å². The Balaban J connectivity index is 0.732. The molecule has 2 aliphatic carbocycles. The zero-order valence-electron chi connectivity index (χ0n) is 63.5. The molecule has 0 saturated carbocycles. The molecule has 0 N–H and O–H groups in total. The molecule has 116 heavy (non-hydrogen) atoms. The topological polar surface area (TPSA) is 125 Å². The zero-order valence-corrected chi connectivity index (χ0v) is 63.5. The Bertz CT molecular complexity index is 8440. The molecule has 16 aromatic carbocycles. The van der Waals surface area contributed by atoms with E-state index in [9.17, 15) is 21.0 Å². The Morgan fingerprint density at radius 2 is 0.569 bits per heavy atom. The number of para-hydroxylation sites is 7. The standard InChI is InChI=1S/C106H64N10/c1-105(2)81-33-17-11-30-74(81)97-82(105)46-42-70-67-27-12-18-34-85(67)113(101(70)97)93-51-61(57-107)52-94(79(93)59-109)114-86-35-19-13-28-68(86)71-43-47-83-98(102(71)114)75-41-39-64(56-84(75)106(83,3)4)63-40-48-90-78(55-63)73-45-50-92-100(77-32-16-22-38-89(77)112(92)66-25-9-6-10-26-66)104(73)116(90)96-54-62(58-108)53-95(80(96)60-110)115-87-36-20-14-29-69(87)72-44-49-91-99(103(72)115)76-31-15-21-37-88(76)111(91)65-23-7-5-8-24-65/h5-56H,1-4H3. The highest BCUT2D eigenvalue weighted by atomic mass is 15.1. The first kappa shape index (κ1) is 65.0. The first-order valence-corrected chi connectivity index (χ1v) is 39.4. The summed E-state index contributed by atoms with van der Waals surface area (Å²) in [7, 11) is 0. The fourth-order valence-corrected chi connectivity index (χ4v) is 20.9. The third-order valence-electron chi connectivity index (χ3n) is 25.9. The lowest BCUT2D eigenvalue weighted by Gasteiger charge is -2.22. The Hall–Kier alpha value is -15.7. The van der Waals surface area contributed by atoms with Gasteiger partial charge in [-0.1, -0.05) is 234 Å². The van der Waals surface area contributed by atoms with Gasteiger partial charge in [-0.3, -0.25) is 0 Å². The molecule has 2 aliphatic rings. The third-order valence-corrected chi connectivity index (χ3v) is 25.9. The van der Waals surface area contributed by atoms with Gasteiger partial charge in [-0.2, -0.15) is 21.0 Å². The van der Waals surface area contributed by atoms with Crippen LogP contribution in [0.25, 0.3) is 198 Å². The van der Waals surface area contributed by atoms with Gasteiger partial charge in [-0.05, 0) is 154 Å². The van der Waals surface area contributed by atoms with Crippen LogP contribution < -0.4 is 0 Å². The highest BCUT2D eigenvalue weighted by Gasteiger charge is 2.41. The Labute approximate surface area is 665 Å². The van der Waals surface area contributed by atoms with Crippen LogP contribution in [0.1, 0.15) is 72.2 Å². The molecule has 10 heteroatoms. The van der Waals surface area contributed by atoms with Crippen molar-refractivity contribution in [1.82, 2.24) is 27.4 Å². The summed E-state index contributed by atoms with van der Waals surface area (Å²) < 4.78 is 13.7. The summed E-state index contributed by atoms with van der Waals surface area (Å²) >= 11 is 0. The second kappa shape index (κ2) is 23.4. The van der Waals surface area contributed by atoms with E-state index in [4.69, 9.17) is 0 Å². The number of rotatable bonds is 7. The Morgan fingerprint density at radius 1 is 0.233 bits per heavy atom. The average molecular weight is 1480 g/mol. The number of benzene rings is 16. The normalized spacial score (nSPS) is 13.3. The summed E-state index contributed by atoms with van der Waals surface area (Å²) in [6.07, 6.45) is 0. The third kappa shape index (κ3) is 8.42. The van der Waals surface area contributed by atoms with Crippen LogP contribution in [0, 0.1) is 45.3 Å². The van der Waals surface area contributed by atoms with Gasteiger partial charge in [-0.15, -0.1) is 0 Å². The SMILES string of the molecule is CC1(C)c2ccccc2-c2c1ccc1c3ccccc3n(-c3cc(C#N)cc(-n4c5ccccc5c5ccc6c(c54)-c4ccc(-c5ccc7c(c5)c5ccc8c(c9ccccc9n8-c8ccccc8)c5n7-c5cc(C#N)cc(-n7c8ccccc8c8ccc9c(c%10ccccc%10n9-c9ccccc9)c87)c5C#N)cc4C6(C)C)c3C#N)c21. The molecule has 10 nitrogen and oxygen atoms in total. The van der Waals surface area contributed by atoms with Gasteiger partial charge < -0.3 is 27.4 Å². The number of nitrogens with zero attached hydrogens (tertiary/aromatic N) is 10. The molecule has 0 unspecified atom stereocenters. The van der Waals surface area contributed by atoms with Crippen molar-refractivity contribution in [3.05, 3.63) is 360 Å². The molecule has 24 rings (SSSR count). The largest absolute Gasteiger partial charge is 0.309 e. The van der Waals surface area contributed by atoms with Gasteiger partial charge in [0.2, 0.25) is 0 Å². The van der Waals surface area contributed by atoms with Crippen molar-refractivity contribution in [2.45, 2.75) is 38.5 Å². The maximum absolute atomic E-state index is 12.4. The molecule has 0 radical (unpaired) electrons. The number of fused-ring (bicyclic) bond motifs is 28. The zero-order chi connectivity index (χ0) is 77.5. The molecule has 6 heterocycles. The van der Waals surface area contributed by atoms with E-state index in [-0.39, 0.29) is 5.41 Å². The molecule has 0 spiro atoms. The van der Waals surface area contributed by atoms with E-state index < -0.39 is 5.41 Å². The maximum Gasteiger partial charge on any atom is 0.104 e. The first-order valence-electron chi connectivity index (χ1n) is 39.4. The van der Waals surface area contributed by atoms with E-state index in [1.54, 1.807) is 0 Å². The minimum atomic E-state index is -0.516. The van der Waals surface area contributed by atoms with Gasteiger partial charge in [0.1, 0.15) is 23.3 Å². The van der Waals surface area contributed by atoms with Gasteiger partial charge in [0.25, 0.3) is 0 Å². The van der Waals surface area contributed by atoms with Crippen molar-refractivity contribution in [1.29, 1.82) is 21.0 Å². The molecular weight excluding hydrogens is 1410 g/mol. The average Bonchev–Trinajstić information content (AvgIpc) is 1.54. The molecular formula is C106H64N10. The van der Waals surface area contributed by atoms with Gasteiger partial charge in [-0.25, -0.2) is 0 Å². The monoisotopic (exact) mass is 1480 g/mol. The predicted molar refractivity (Wildman–Crippen MR) is 472 cm³/mol. The summed E-state index contributed by atoms with van der Waals surface area (Å²) in [6, 6.07) is 123. The highest BCUT2D eigenvalue weighted by Crippen LogP contribution is 2.57. The molecule has 22 aromatic rings. The second-order valence-corrected chi connectivity index (χ2v) is 32.3. The van der Waals surface area contributed by atoms with Crippen molar-refractivity contribution < 1.29 is 0 Å². The van der Waals surface area contributed by atoms with Crippen LogP contribution in [0.2, 0.25) is 0 Å². The smallest absolute Gasteiger partial charge is 0.104 e. The lowest BCUT2D eigenvalue weighted by molar-refractivity contribution is 0.660. The quantitative estimate of drug-likeness (QED) is 0.158. The molecule has 0 fully saturated rings. The molecule has 0 saturated heterocycles. The lowest BCUT2D eigenvalue weighted by atomic mass is 9.81. The van der Waals surface area contributed by atoms with Crippen molar-refractivity contribution >= 4 is 131 Å². The van der Waals surface area contributed by atoms with Crippen molar-refractivity contribution in [3.8, 4) is 91.8 Å². The van der Waals surface area contributed by atoms with Crippen LogP contribution in [0.3, 0.4) is 0 Å². The van der Waals surface area contributed by atoms with Crippen LogP contribution in [-0.4, -0.2) is 27.4 Å². The van der Waals surface area contributed by atoms with Crippen molar-refractivity contribution in [2.75, 3.05) is 0 Å². The van der Waals surface area contributed by atoms with E-state index in [1.807, 2.05) is 36.4 Å². The van der Waals surface area contributed by atoms with E-state index in [0.717, 1.165) is 181 Å². The number of hydrogen-bond donors (Lipinski definition) is 0. The second-order valence-electron chi connectivity index (χ2n) is 32.3. The minimum absolute atomic E-state index is 0.284. The summed E-state index contributed by atoms with van der Waals surface area (Å²) in [5.41, 5.74) is 28.4. The summed E-state index contributed by atoms with van der Waals surface area (Å²) in [5, 5.41) is 59.9. The van der Waals surface area contributed by atoms with Crippen LogP contribution in [0.4, 0.5) is 0 Å². The molecule has 538 valence electrons. The first-order chi connectivity index (χ1) is 56.9. The van der Waals surface area contributed by atoms with E-state index in [2.05, 4.69) is 358 Å². The van der Waals surface area contributed by atoms with Crippen LogP contribution >= 0.6 is 0 Å². The summed E-state index contributed by atoms with van der Waals surface area (Å²) in [4.78, 5) is 0. The number of aromatic nitrogens is 6. The fraction of sp³-hybridized carbons (Fsp3) is 0.0566. The predicted octanol–water partition coefficient (Wildman–Crippen LogP) is 26.0. The van der Waals surface area contributed by atoms with Crippen molar-refractivity contribution in [2.24, 2.45) is 0 Å². The van der Waals surface area contributed by atoms with Gasteiger partial charge in [0, 0.05) is 98.0 Å². The minimum Gasteiger partial charge on any atom is -0.309 e. The van der Waals surface area contributed by atoms with Gasteiger partial charge in [0.15, 0.2) is 0 Å².